The van der Waals surface area contributed by atoms with Gasteiger partial charge in [-0.05, 0) is 30.7 Å². The molecule has 3 aromatic rings. The number of allylic oxidation sites excluding steroid dienone is 1. The Labute approximate surface area is 200 Å². The maximum atomic E-state index is 6.18. The summed E-state index contributed by atoms with van der Waals surface area (Å²) in [6.45, 7) is 2.28. The van der Waals surface area contributed by atoms with Gasteiger partial charge in [-0.2, -0.15) is 0 Å². The lowest BCUT2D eigenvalue weighted by molar-refractivity contribution is 0.194. The molecule has 33 heavy (non-hydrogen) atoms. The molecule has 1 aromatic heterocycles. The lowest BCUT2D eigenvalue weighted by Gasteiger charge is -2.27. The highest BCUT2D eigenvalue weighted by Gasteiger charge is 2.20. The molecule has 0 amide bonds. The zero-order chi connectivity index (χ0) is 23.3. The van der Waals surface area contributed by atoms with E-state index in [2.05, 4.69) is 20.6 Å². The first-order chi connectivity index (χ1) is 16.2. The molecule has 0 radical (unpaired) electrons. The summed E-state index contributed by atoms with van der Waals surface area (Å²) in [7, 11) is 1.71. The molecule has 4 rings (SSSR count). The lowest BCUT2D eigenvalue weighted by atomic mass is 10.1. The number of ether oxygens (including phenoxy) is 1. The quantitative estimate of drug-likeness (QED) is 0.356. The van der Waals surface area contributed by atoms with Gasteiger partial charge in [0.25, 0.3) is 0 Å². The summed E-state index contributed by atoms with van der Waals surface area (Å²) in [6, 6.07) is 21.9. The SMILES string of the molecule is CN=C/C(=C\N)c1cnc2c(c1)NCC(CNCCc1ccccc1Cl)O2.c1ccccc1. The van der Waals surface area contributed by atoms with Crippen molar-refractivity contribution < 1.29 is 4.74 Å². The first-order valence-electron chi connectivity index (χ1n) is 10.9. The fraction of sp³-hybridized carbons (Fsp3) is 0.231. The summed E-state index contributed by atoms with van der Waals surface area (Å²) in [5.74, 6) is 0.604. The summed E-state index contributed by atoms with van der Waals surface area (Å²) >= 11 is 6.18. The average Bonchev–Trinajstić information content (AvgIpc) is 2.87. The number of nitrogens with zero attached hydrogens (tertiary/aromatic N) is 2. The maximum absolute atomic E-state index is 6.18. The lowest BCUT2D eigenvalue weighted by Crippen LogP contribution is -2.40. The molecule has 0 saturated carbocycles. The summed E-state index contributed by atoms with van der Waals surface area (Å²) in [5, 5.41) is 7.61. The van der Waals surface area contributed by atoms with Crippen molar-refractivity contribution in [3.8, 4) is 5.88 Å². The molecule has 1 aliphatic rings. The average molecular weight is 464 g/mol. The molecular formula is C26H30ClN5O. The Balaban J connectivity index is 0.000000442. The third-order valence-electron chi connectivity index (χ3n) is 5.00. The number of aromatic nitrogens is 1. The second kappa shape index (κ2) is 13.3. The predicted octanol–water partition coefficient (Wildman–Crippen LogP) is 4.43. The summed E-state index contributed by atoms with van der Waals surface area (Å²) in [6.07, 6.45) is 5.87. The number of fused-ring (bicyclic) bond motifs is 1. The van der Waals surface area contributed by atoms with E-state index in [0.717, 1.165) is 46.9 Å². The molecule has 0 bridgehead atoms. The number of benzene rings is 2. The van der Waals surface area contributed by atoms with Gasteiger partial charge in [-0.3, -0.25) is 4.99 Å². The third kappa shape index (κ3) is 7.63. The van der Waals surface area contributed by atoms with Crippen molar-refractivity contribution in [2.75, 3.05) is 32.0 Å². The van der Waals surface area contributed by atoms with E-state index in [1.54, 1.807) is 19.5 Å². The van der Waals surface area contributed by atoms with Crippen LogP contribution in [0.1, 0.15) is 11.1 Å². The van der Waals surface area contributed by atoms with E-state index in [9.17, 15) is 0 Å². The summed E-state index contributed by atoms with van der Waals surface area (Å²) in [5.41, 5.74) is 9.39. The molecule has 1 atom stereocenters. The van der Waals surface area contributed by atoms with Crippen LogP contribution in [-0.2, 0) is 6.42 Å². The van der Waals surface area contributed by atoms with E-state index in [4.69, 9.17) is 22.1 Å². The first-order valence-corrected chi connectivity index (χ1v) is 11.3. The van der Waals surface area contributed by atoms with Gasteiger partial charge in [-0.15, -0.1) is 0 Å². The standard InChI is InChI=1S/C20H24ClN5O.C6H6/c1-23-10-16(9-22)15-8-19-20(26-11-15)27-17(13-25-19)12-24-7-6-14-4-2-3-5-18(14)21;1-2-4-6-5-3-1/h2-5,8-11,17,24-25H,6-7,12-13,22H2,1H3;1-6H/b16-9+,23-10?;. The molecule has 0 fully saturated rings. The molecule has 0 spiro atoms. The van der Waals surface area contributed by atoms with Crippen LogP contribution in [0.3, 0.4) is 0 Å². The van der Waals surface area contributed by atoms with Crippen LogP contribution in [0.2, 0.25) is 5.02 Å². The van der Waals surface area contributed by atoms with E-state index in [1.807, 2.05) is 66.7 Å². The van der Waals surface area contributed by atoms with Crippen molar-refractivity contribution in [1.82, 2.24) is 10.3 Å². The summed E-state index contributed by atoms with van der Waals surface area (Å²) in [4.78, 5) is 8.43. The Morgan fingerprint density at radius 3 is 2.61 bits per heavy atom. The molecule has 0 aliphatic carbocycles. The van der Waals surface area contributed by atoms with Crippen molar-refractivity contribution in [2.24, 2.45) is 10.7 Å². The van der Waals surface area contributed by atoms with Crippen molar-refractivity contribution in [3.63, 3.8) is 0 Å². The highest BCUT2D eigenvalue weighted by molar-refractivity contribution is 6.31. The van der Waals surface area contributed by atoms with Crippen LogP contribution in [-0.4, -0.2) is 44.0 Å². The first kappa shape index (κ1) is 24.3. The van der Waals surface area contributed by atoms with Crippen LogP contribution in [0, 0.1) is 0 Å². The normalized spacial score (nSPS) is 15.1. The molecule has 2 heterocycles. The predicted molar refractivity (Wildman–Crippen MR) is 138 cm³/mol. The Morgan fingerprint density at radius 1 is 1.21 bits per heavy atom. The number of rotatable bonds is 7. The fourth-order valence-corrected chi connectivity index (χ4v) is 3.52. The monoisotopic (exact) mass is 463 g/mol. The van der Waals surface area contributed by atoms with E-state index >= 15 is 0 Å². The topological polar surface area (TPSA) is 84.6 Å². The van der Waals surface area contributed by atoms with Crippen LogP contribution in [0.5, 0.6) is 5.88 Å². The van der Waals surface area contributed by atoms with Crippen LogP contribution >= 0.6 is 11.6 Å². The smallest absolute Gasteiger partial charge is 0.237 e. The number of nitrogens with one attached hydrogen (secondary N) is 2. The molecule has 6 nitrogen and oxygen atoms in total. The van der Waals surface area contributed by atoms with Crippen molar-refractivity contribution in [1.29, 1.82) is 0 Å². The van der Waals surface area contributed by atoms with Gasteiger partial charge >= 0.3 is 0 Å². The third-order valence-corrected chi connectivity index (χ3v) is 5.37. The Hall–Kier alpha value is -3.35. The highest BCUT2D eigenvalue weighted by atomic mass is 35.5. The minimum absolute atomic E-state index is 0.0174. The molecule has 2 aromatic carbocycles. The molecule has 1 unspecified atom stereocenters. The minimum Gasteiger partial charge on any atom is -0.470 e. The van der Waals surface area contributed by atoms with Crippen molar-refractivity contribution in [2.45, 2.75) is 12.5 Å². The van der Waals surface area contributed by atoms with E-state index < -0.39 is 0 Å². The van der Waals surface area contributed by atoms with Crippen LogP contribution in [0.4, 0.5) is 5.69 Å². The fourth-order valence-electron chi connectivity index (χ4n) is 3.29. The van der Waals surface area contributed by atoms with Gasteiger partial charge < -0.3 is 21.1 Å². The molecule has 4 N–H and O–H groups in total. The van der Waals surface area contributed by atoms with Crippen molar-refractivity contribution in [3.05, 3.63) is 95.3 Å². The zero-order valence-electron chi connectivity index (χ0n) is 18.7. The summed E-state index contributed by atoms with van der Waals surface area (Å²) < 4.78 is 5.99. The molecular weight excluding hydrogens is 434 g/mol. The molecule has 172 valence electrons. The molecule has 1 aliphatic heterocycles. The minimum atomic E-state index is 0.0174. The van der Waals surface area contributed by atoms with Gasteiger partial charge in [0.15, 0.2) is 0 Å². The van der Waals surface area contributed by atoms with Gasteiger partial charge in [0.2, 0.25) is 5.88 Å². The number of hydrogen-bond acceptors (Lipinski definition) is 6. The van der Waals surface area contributed by atoms with Crippen LogP contribution in [0.15, 0.2) is 84.1 Å². The Bertz CT molecular complexity index is 1030. The van der Waals surface area contributed by atoms with Crippen LogP contribution < -0.4 is 21.1 Å². The number of pyridine rings is 1. The van der Waals surface area contributed by atoms with Gasteiger partial charge in [0.05, 0.1) is 12.2 Å². The maximum Gasteiger partial charge on any atom is 0.237 e. The van der Waals surface area contributed by atoms with Crippen LogP contribution in [0.25, 0.3) is 5.57 Å². The highest BCUT2D eigenvalue weighted by Crippen LogP contribution is 2.29. The van der Waals surface area contributed by atoms with Gasteiger partial charge in [0.1, 0.15) is 6.10 Å². The number of anilines is 1. The van der Waals surface area contributed by atoms with Crippen molar-refractivity contribution >= 4 is 29.1 Å². The largest absolute Gasteiger partial charge is 0.470 e. The van der Waals surface area contributed by atoms with E-state index in [-0.39, 0.29) is 6.10 Å². The number of hydrogen-bond donors (Lipinski definition) is 3. The van der Waals surface area contributed by atoms with E-state index in [1.165, 1.54) is 6.20 Å². The Kier molecular flexibility index (Phi) is 9.76. The number of halogens is 1. The van der Waals surface area contributed by atoms with Gasteiger partial charge in [0, 0.05) is 48.4 Å². The molecule has 7 heteroatoms. The molecule has 0 saturated heterocycles. The second-order valence-corrected chi connectivity index (χ2v) is 7.81. The van der Waals surface area contributed by atoms with Gasteiger partial charge in [-0.1, -0.05) is 66.2 Å². The number of aliphatic imine (C=N–C) groups is 1. The van der Waals surface area contributed by atoms with Gasteiger partial charge in [-0.25, -0.2) is 4.98 Å². The Morgan fingerprint density at radius 2 is 1.94 bits per heavy atom. The zero-order valence-corrected chi connectivity index (χ0v) is 19.5. The van der Waals surface area contributed by atoms with E-state index in [0.29, 0.717) is 12.4 Å². The number of nitrogens with two attached hydrogens (primary N) is 1. The second-order valence-electron chi connectivity index (χ2n) is 7.41.